The zero-order valence-electron chi connectivity index (χ0n) is 11.8. The fraction of sp³-hybridized carbons (Fsp3) is 0.571. The average Bonchev–Trinajstić information content (AvgIpc) is 3.12. The van der Waals surface area contributed by atoms with Crippen LogP contribution in [0.25, 0.3) is 10.6 Å². The lowest BCUT2D eigenvalue weighted by atomic mass is 10.2. The van der Waals surface area contributed by atoms with E-state index in [2.05, 4.69) is 16.8 Å². The van der Waals surface area contributed by atoms with Crippen molar-refractivity contribution in [3.05, 3.63) is 16.1 Å². The molecule has 1 saturated heterocycles. The molecule has 0 aromatic carbocycles. The molecule has 0 bridgehead atoms. The highest BCUT2D eigenvalue weighted by molar-refractivity contribution is 7.16. The summed E-state index contributed by atoms with van der Waals surface area (Å²) in [7, 11) is 0. The van der Waals surface area contributed by atoms with Crippen LogP contribution in [-0.2, 0) is 13.0 Å². The summed E-state index contributed by atoms with van der Waals surface area (Å²) in [6.45, 7) is 5.60. The van der Waals surface area contributed by atoms with Crippen LogP contribution in [0.15, 0.2) is 5.38 Å². The second-order valence-corrected chi connectivity index (χ2v) is 7.16. The van der Waals surface area contributed by atoms with Crippen molar-refractivity contribution in [1.82, 2.24) is 14.9 Å². The summed E-state index contributed by atoms with van der Waals surface area (Å²) in [5, 5.41) is 3.90. The minimum atomic E-state index is 0.636. The van der Waals surface area contributed by atoms with E-state index in [-0.39, 0.29) is 0 Å². The number of hydrogen-bond donors (Lipinski definition) is 1. The molecule has 1 fully saturated rings. The molecule has 0 unspecified atom stereocenters. The number of nitrogens with zero attached hydrogens (tertiary/aromatic N) is 3. The Morgan fingerprint density at radius 2 is 2.10 bits per heavy atom. The highest BCUT2D eigenvalue weighted by atomic mass is 32.1. The van der Waals surface area contributed by atoms with Gasteiger partial charge in [0, 0.05) is 5.38 Å². The Kier molecular flexibility index (Phi) is 4.33. The Morgan fingerprint density at radius 3 is 2.75 bits per heavy atom. The standard InChI is InChI=1S/C14H20N4S2/c1-2-5-10-13(11-9-19-14(15)17-11)20-12(16-10)8-18-6-3-4-7-18/h9H,2-8H2,1H3,(H2,15,17). The number of nitrogen functional groups attached to an aromatic ring is 1. The fourth-order valence-electron chi connectivity index (χ4n) is 2.60. The van der Waals surface area contributed by atoms with E-state index in [0.29, 0.717) is 5.13 Å². The van der Waals surface area contributed by atoms with Gasteiger partial charge in [-0.2, -0.15) is 0 Å². The van der Waals surface area contributed by atoms with E-state index in [9.17, 15) is 0 Å². The van der Waals surface area contributed by atoms with Gasteiger partial charge in [-0.15, -0.1) is 22.7 Å². The Balaban J connectivity index is 1.85. The van der Waals surface area contributed by atoms with Gasteiger partial charge < -0.3 is 5.73 Å². The summed E-state index contributed by atoms with van der Waals surface area (Å²) >= 11 is 3.29. The van der Waals surface area contributed by atoms with Crippen LogP contribution in [-0.4, -0.2) is 28.0 Å². The summed E-state index contributed by atoms with van der Waals surface area (Å²) in [5.74, 6) is 0. The molecule has 4 nitrogen and oxygen atoms in total. The summed E-state index contributed by atoms with van der Waals surface area (Å²) in [6, 6.07) is 0. The number of hydrogen-bond acceptors (Lipinski definition) is 6. The monoisotopic (exact) mass is 308 g/mol. The first-order valence-electron chi connectivity index (χ1n) is 7.18. The van der Waals surface area contributed by atoms with Gasteiger partial charge in [-0.3, -0.25) is 4.90 Å². The summed E-state index contributed by atoms with van der Waals surface area (Å²) in [6.07, 6.45) is 4.77. The van der Waals surface area contributed by atoms with Gasteiger partial charge in [0.2, 0.25) is 0 Å². The van der Waals surface area contributed by atoms with Crippen molar-refractivity contribution in [1.29, 1.82) is 0 Å². The van der Waals surface area contributed by atoms with Crippen molar-refractivity contribution in [3.63, 3.8) is 0 Å². The van der Waals surface area contributed by atoms with Gasteiger partial charge in [0.05, 0.1) is 22.8 Å². The largest absolute Gasteiger partial charge is 0.375 e. The third kappa shape index (κ3) is 3.02. The first-order chi connectivity index (χ1) is 9.76. The van der Waals surface area contributed by atoms with E-state index >= 15 is 0 Å². The molecule has 1 aliphatic rings. The molecule has 3 rings (SSSR count). The molecule has 0 saturated carbocycles. The smallest absolute Gasteiger partial charge is 0.180 e. The number of thiazole rings is 2. The number of likely N-dealkylation sites (tertiary alicyclic amines) is 1. The molecule has 2 aromatic heterocycles. The van der Waals surface area contributed by atoms with Crippen LogP contribution in [0.1, 0.15) is 36.9 Å². The topological polar surface area (TPSA) is 55.0 Å². The minimum absolute atomic E-state index is 0.636. The second-order valence-electron chi connectivity index (χ2n) is 5.19. The van der Waals surface area contributed by atoms with E-state index in [1.165, 1.54) is 52.8 Å². The molecule has 2 N–H and O–H groups in total. The van der Waals surface area contributed by atoms with E-state index in [1.54, 1.807) is 11.3 Å². The van der Waals surface area contributed by atoms with Crippen LogP contribution in [0, 0.1) is 0 Å². The quantitative estimate of drug-likeness (QED) is 0.920. The molecular formula is C14H20N4S2. The molecule has 0 amide bonds. The lowest BCUT2D eigenvalue weighted by Crippen LogP contribution is -2.18. The van der Waals surface area contributed by atoms with E-state index < -0.39 is 0 Å². The number of aromatic nitrogens is 2. The maximum Gasteiger partial charge on any atom is 0.180 e. The number of nitrogens with two attached hydrogens (primary N) is 1. The van der Waals surface area contributed by atoms with Gasteiger partial charge >= 0.3 is 0 Å². The normalized spacial score (nSPS) is 16.1. The fourth-order valence-corrected chi connectivity index (χ4v) is 4.34. The Morgan fingerprint density at radius 1 is 1.30 bits per heavy atom. The Hall–Kier alpha value is -0.980. The van der Waals surface area contributed by atoms with E-state index in [1.807, 2.05) is 5.38 Å². The minimum Gasteiger partial charge on any atom is -0.375 e. The molecule has 108 valence electrons. The van der Waals surface area contributed by atoms with Crippen LogP contribution >= 0.6 is 22.7 Å². The van der Waals surface area contributed by atoms with Gasteiger partial charge in [-0.05, 0) is 32.4 Å². The van der Waals surface area contributed by atoms with Crippen molar-refractivity contribution >= 4 is 27.8 Å². The maximum absolute atomic E-state index is 5.76. The molecule has 3 heterocycles. The van der Waals surface area contributed by atoms with Gasteiger partial charge in [0.1, 0.15) is 5.01 Å². The van der Waals surface area contributed by atoms with Crippen molar-refractivity contribution in [3.8, 4) is 10.6 Å². The van der Waals surface area contributed by atoms with Crippen molar-refractivity contribution in [2.24, 2.45) is 0 Å². The van der Waals surface area contributed by atoms with E-state index in [0.717, 1.165) is 25.1 Å². The summed E-state index contributed by atoms with van der Waals surface area (Å²) in [4.78, 5) is 13.0. The highest BCUT2D eigenvalue weighted by Gasteiger charge is 2.18. The van der Waals surface area contributed by atoms with Crippen LogP contribution in [0.2, 0.25) is 0 Å². The third-order valence-corrected chi connectivity index (χ3v) is 5.32. The van der Waals surface area contributed by atoms with Gasteiger partial charge in [-0.25, -0.2) is 9.97 Å². The molecule has 0 aliphatic carbocycles. The predicted octanol–water partition coefficient (Wildman–Crippen LogP) is 3.40. The molecule has 0 atom stereocenters. The van der Waals surface area contributed by atoms with E-state index in [4.69, 9.17) is 10.7 Å². The van der Waals surface area contributed by atoms with Gasteiger partial charge in [-0.1, -0.05) is 13.3 Å². The number of anilines is 1. The molecular weight excluding hydrogens is 288 g/mol. The van der Waals surface area contributed by atoms with Crippen LogP contribution < -0.4 is 5.73 Å². The lowest BCUT2D eigenvalue weighted by molar-refractivity contribution is 0.330. The van der Waals surface area contributed by atoms with Crippen molar-refractivity contribution in [2.75, 3.05) is 18.8 Å². The molecule has 20 heavy (non-hydrogen) atoms. The van der Waals surface area contributed by atoms with Gasteiger partial charge in [0.25, 0.3) is 0 Å². The van der Waals surface area contributed by atoms with Crippen molar-refractivity contribution in [2.45, 2.75) is 39.2 Å². The molecule has 0 spiro atoms. The highest BCUT2D eigenvalue weighted by Crippen LogP contribution is 2.33. The first kappa shape index (κ1) is 14.0. The summed E-state index contributed by atoms with van der Waals surface area (Å²) in [5.41, 5.74) is 7.95. The number of rotatable bonds is 5. The zero-order valence-corrected chi connectivity index (χ0v) is 13.4. The SMILES string of the molecule is CCCc1nc(CN2CCCC2)sc1-c1csc(N)n1. The number of aryl methyl sites for hydroxylation is 1. The second kappa shape index (κ2) is 6.20. The average molecular weight is 308 g/mol. The van der Waals surface area contributed by atoms with Crippen molar-refractivity contribution < 1.29 is 0 Å². The first-order valence-corrected chi connectivity index (χ1v) is 8.88. The Labute approximate surface area is 127 Å². The third-order valence-electron chi connectivity index (χ3n) is 3.54. The zero-order chi connectivity index (χ0) is 13.9. The Bertz CT molecular complexity index is 569. The molecule has 2 aromatic rings. The molecule has 6 heteroatoms. The molecule has 0 radical (unpaired) electrons. The maximum atomic E-state index is 5.76. The van der Waals surface area contributed by atoms with Crippen LogP contribution in [0.5, 0.6) is 0 Å². The predicted molar refractivity (Wildman–Crippen MR) is 86.1 cm³/mol. The lowest BCUT2D eigenvalue weighted by Gasteiger charge is -2.11. The summed E-state index contributed by atoms with van der Waals surface area (Å²) < 4.78 is 0. The van der Waals surface area contributed by atoms with Gasteiger partial charge in [0.15, 0.2) is 5.13 Å². The van der Waals surface area contributed by atoms with Crippen LogP contribution in [0.3, 0.4) is 0 Å². The van der Waals surface area contributed by atoms with Crippen LogP contribution in [0.4, 0.5) is 5.13 Å². The molecule has 1 aliphatic heterocycles.